The molecule has 0 aromatic rings. The normalized spacial score (nSPS) is 31.9. The van der Waals surface area contributed by atoms with Gasteiger partial charge in [-0.2, -0.15) is 0 Å². The van der Waals surface area contributed by atoms with E-state index in [-0.39, 0.29) is 11.8 Å². The van der Waals surface area contributed by atoms with Crippen LogP contribution in [0.2, 0.25) is 0 Å². The van der Waals surface area contributed by atoms with Crippen molar-refractivity contribution in [3.05, 3.63) is 0 Å². The monoisotopic (exact) mass is 143 g/mol. The summed E-state index contributed by atoms with van der Waals surface area (Å²) in [6, 6.07) is 0. The first-order valence-corrected chi connectivity index (χ1v) is 3.13. The zero-order valence-electron chi connectivity index (χ0n) is 5.63. The van der Waals surface area contributed by atoms with Crippen LogP contribution in [0.25, 0.3) is 0 Å². The lowest BCUT2D eigenvalue weighted by atomic mass is 9.98. The first-order chi connectivity index (χ1) is 4.63. The Bertz CT molecular complexity index is 178. The molecule has 0 spiro atoms. The molecule has 1 heterocycles. The van der Waals surface area contributed by atoms with Crippen LogP contribution in [0, 0.1) is 11.8 Å². The minimum Gasteiger partial charge on any atom is -0.481 e. The summed E-state index contributed by atoms with van der Waals surface area (Å²) in [5.41, 5.74) is 0. The summed E-state index contributed by atoms with van der Waals surface area (Å²) < 4.78 is 0. The highest BCUT2D eigenvalue weighted by Crippen LogP contribution is 2.16. The van der Waals surface area contributed by atoms with Crippen molar-refractivity contribution in [2.75, 3.05) is 6.54 Å². The van der Waals surface area contributed by atoms with Crippen LogP contribution in [0.3, 0.4) is 0 Å². The van der Waals surface area contributed by atoms with Crippen molar-refractivity contribution < 1.29 is 14.7 Å². The van der Waals surface area contributed by atoms with Crippen molar-refractivity contribution in [2.45, 2.75) is 6.92 Å². The molecule has 4 heteroatoms. The first kappa shape index (κ1) is 7.05. The topological polar surface area (TPSA) is 66.4 Å². The van der Waals surface area contributed by atoms with Crippen LogP contribution in [0.4, 0.5) is 0 Å². The summed E-state index contributed by atoms with van der Waals surface area (Å²) in [4.78, 5) is 21.1. The number of hydrogen-bond acceptors (Lipinski definition) is 2. The summed E-state index contributed by atoms with van der Waals surface area (Å²) >= 11 is 0. The molecular formula is C6H9NO3. The molecule has 0 aromatic carbocycles. The molecule has 4 nitrogen and oxygen atoms in total. The van der Waals surface area contributed by atoms with Gasteiger partial charge in [-0.3, -0.25) is 9.59 Å². The van der Waals surface area contributed by atoms with Crippen LogP contribution >= 0.6 is 0 Å². The van der Waals surface area contributed by atoms with E-state index in [9.17, 15) is 9.59 Å². The molecule has 0 radical (unpaired) electrons. The standard InChI is InChI=1S/C6H9NO3/c1-3-2-7-5(8)4(3)6(9)10/h3-4H,2H2,1H3,(H,7,8)(H,9,10)/t3-,4?/m0/s1. The number of hydrogen-bond donors (Lipinski definition) is 2. The molecule has 2 N–H and O–H groups in total. The Hall–Kier alpha value is -1.06. The molecule has 1 aliphatic rings. The van der Waals surface area contributed by atoms with Crippen molar-refractivity contribution in [1.82, 2.24) is 5.32 Å². The predicted octanol–water partition coefficient (Wildman–Crippen LogP) is -0.547. The number of carboxylic acid groups (broad SMARTS) is 1. The number of nitrogens with one attached hydrogen (secondary N) is 1. The summed E-state index contributed by atoms with van der Waals surface area (Å²) in [6.07, 6.45) is 0. The van der Waals surface area contributed by atoms with E-state index in [0.29, 0.717) is 6.54 Å². The number of aliphatic carboxylic acids is 1. The molecule has 1 saturated heterocycles. The highest BCUT2D eigenvalue weighted by Gasteiger charge is 2.37. The number of carboxylic acids is 1. The quantitative estimate of drug-likeness (QED) is 0.484. The number of carbonyl (C=O) groups is 2. The van der Waals surface area contributed by atoms with Crippen LogP contribution in [0.15, 0.2) is 0 Å². The fraction of sp³-hybridized carbons (Fsp3) is 0.667. The Morgan fingerprint density at radius 3 is 2.60 bits per heavy atom. The Labute approximate surface area is 58.2 Å². The van der Waals surface area contributed by atoms with Gasteiger partial charge < -0.3 is 10.4 Å². The number of amides is 1. The van der Waals surface area contributed by atoms with Crippen LogP contribution in [-0.4, -0.2) is 23.5 Å². The third-order valence-electron chi connectivity index (χ3n) is 1.72. The first-order valence-electron chi connectivity index (χ1n) is 3.13. The lowest BCUT2D eigenvalue weighted by Gasteiger charge is -2.03. The van der Waals surface area contributed by atoms with Crippen LogP contribution < -0.4 is 5.32 Å². The molecule has 0 aliphatic carbocycles. The van der Waals surface area contributed by atoms with Crippen LogP contribution in [0.1, 0.15) is 6.92 Å². The molecule has 1 rings (SSSR count). The van der Waals surface area contributed by atoms with E-state index >= 15 is 0 Å². The van der Waals surface area contributed by atoms with Crippen LogP contribution in [-0.2, 0) is 9.59 Å². The average molecular weight is 143 g/mol. The second kappa shape index (κ2) is 2.28. The number of carbonyl (C=O) groups excluding carboxylic acids is 1. The van der Waals surface area contributed by atoms with E-state index in [1.807, 2.05) is 0 Å². The van der Waals surface area contributed by atoms with Crippen molar-refractivity contribution in [2.24, 2.45) is 11.8 Å². The van der Waals surface area contributed by atoms with Gasteiger partial charge in [0.1, 0.15) is 5.92 Å². The second-order valence-electron chi connectivity index (χ2n) is 2.54. The van der Waals surface area contributed by atoms with E-state index < -0.39 is 11.9 Å². The third kappa shape index (κ3) is 0.964. The van der Waals surface area contributed by atoms with Crippen molar-refractivity contribution >= 4 is 11.9 Å². The zero-order valence-corrected chi connectivity index (χ0v) is 5.63. The Kier molecular flexibility index (Phi) is 1.61. The van der Waals surface area contributed by atoms with Crippen molar-refractivity contribution in [3.63, 3.8) is 0 Å². The van der Waals surface area contributed by atoms with Gasteiger partial charge in [-0.25, -0.2) is 0 Å². The number of rotatable bonds is 1. The van der Waals surface area contributed by atoms with Crippen LogP contribution in [0.5, 0.6) is 0 Å². The summed E-state index contributed by atoms with van der Waals surface area (Å²) in [7, 11) is 0. The lowest BCUT2D eigenvalue weighted by Crippen LogP contribution is -2.26. The highest BCUT2D eigenvalue weighted by atomic mass is 16.4. The fourth-order valence-corrected chi connectivity index (χ4v) is 1.10. The molecule has 0 aromatic heterocycles. The third-order valence-corrected chi connectivity index (χ3v) is 1.72. The Morgan fingerprint density at radius 2 is 2.40 bits per heavy atom. The molecule has 1 unspecified atom stereocenters. The van der Waals surface area contributed by atoms with Gasteiger partial charge in [-0.05, 0) is 5.92 Å². The Balaban J connectivity index is 2.72. The van der Waals surface area contributed by atoms with Gasteiger partial charge >= 0.3 is 5.97 Å². The maximum atomic E-state index is 10.7. The van der Waals surface area contributed by atoms with E-state index in [2.05, 4.69) is 5.32 Å². The minimum atomic E-state index is -1.03. The molecule has 1 aliphatic heterocycles. The summed E-state index contributed by atoms with van der Waals surface area (Å²) in [5.74, 6) is -2.30. The van der Waals surface area contributed by atoms with Crippen molar-refractivity contribution in [3.8, 4) is 0 Å². The van der Waals surface area contributed by atoms with Crippen molar-refractivity contribution in [1.29, 1.82) is 0 Å². The van der Waals surface area contributed by atoms with Gasteiger partial charge in [0.2, 0.25) is 5.91 Å². The maximum absolute atomic E-state index is 10.7. The zero-order chi connectivity index (χ0) is 7.72. The average Bonchev–Trinajstić information content (AvgIpc) is 2.11. The molecule has 0 bridgehead atoms. The highest BCUT2D eigenvalue weighted by molar-refractivity contribution is 5.98. The van der Waals surface area contributed by atoms with Gasteiger partial charge in [0.05, 0.1) is 0 Å². The summed E-state index contributed by atoms with van der Waals surface area (Å²) in [6.45, 7) is 2.23. The maximum Gasteiger partial charge on any atom is 0.316 e. The van der Waals surface area contributed by atoms with Gasteiger partial charge in [-0.1, -0.05) is 6.92 Å². The largest absolute Gasteiger partial charge is 0.481 e. The molecule has 1 amide bonds. The van der Waals surface area contributed by atoms with E-state index in [0.717, 1.165) is 0 Å². The van der Waals surface area contributed by atoms with E-state index in [1.165, 1.54) is 0 Å². The van der Waals surface area contributed by atoms with Gasteiger partial charge in [-0.15, -0.1) is 0 Å². The fourth-order valence-electron chi connectivity index (χ4n) is 1.10. The lowest BCUT2D eigenvalue weighted by molar-refractivity contribution is -0.146. The smallest absolute Gasteiger partial charge is 0.316 e. The van der Waals surface area contributed by atoms with Gasteiger partial charge in [0.15, 0.2) is 0 Å². The summed E-state index contributed by atoms with van der Waals surface area (Å²) in [5, 5.41) is 11.0. The molecule has 56 valence electrons. The van der Waals surface area contributed by atoms with Gasteiger partial charge in [0, 0.05) is 6.54 Å². The Morgan fingerprint density at radius 1 is 1.80 bits per heavy atom. The SMILES string of the molecule is C[C@H]1CNC(=O)C1C(=O)O. The molecule has 0 saturated carbocycles. The predicted molar refractivity (Wildman–Crippen MR) is 33.3 cm³/mol. The molecule has 1 fully saturated rings. The molecule has 2 atom stereocenters. The van der Waals surface area contributed by atoms with E-state index in [4.69, 9.17) is 5.11 Å². The van der Waals surface area contributed by atoms with E-state index in [1.54, 1.807) is 6.92 Å². The molecular weight excluding hydrogens is 134 g/mol. The van der Waals surface area contributed by atoms with Gasteiger partial charge in [0.25, 0.3) is 0 Å². The second-order valence-corrected chi connectivity index (χ2v) is 2.54. The molecule has 10 heavy (non-hydrogen) atoms. The minimum absolute atomic E-state index is 0.0787.